The highest BCUT2D eigenvalue weighted by molar-refractivity contribution is 7.48. The maximum absolute atomic E-state index is 12.5. The Labute approximate surface area is 98.9 Å². The number of rotatable bonds is 6. The first kappa shape index (κ1) is 12.0. The van der Waals surface area contributed by atoms with Gasteiger partial charge in [0.1, 0.15) is 19.8 Å². The van der Waals surface area contributed by atoms with Gasteiger partial charge in [0.2, 0.25) is 17.4 Å². The maximum atomic E-state index is 12.5. The molecule has 3 heterocycles. The Morgan fingerprint density at radius 1 is 0.824 bits per heavy atom. The lowest BCUT2D eigenvalue weighted by Crippen LogP contribution is -2.21. The molecular weight excluding hydrogens is 251 g/mol. The van der Waals surface area contributed by atoms with E-state index in [4.69, 9.17) is 27.8 Å². The third kappa shape index (κ3) is 2.88. The van der Waals surface area contributed by atoms with Gasteiger partial charge >= 0.3 is 7.82 Å². The van der Waals surface area contributed by atoms with E-state index in [1.165, 1.54) is 0 Å². The van der Waals surface area contributed by atoms with Crippen LogP contribution in [0, 0.1) is 0 Å². The van der Waals surface area contributed by atoms with Crippen LogP contribution in [0.5, 0.6) is 0 Å². The molecule has 0 spiro atoms. The van der Waals surface area contributed by atoms with Gasteiger partial charge in [-0.25, -0.2) is 4.57 Å². The molecule has 0 saturated carbocycles. The second-order valence-corrected chi connectivity index (χ2v) is 6.43. The van der Waals surface area contributed by atoms with Crippen LogP contribution in [0.3, 0.4) is 0 Å². The highest BCUT2D eigenvalue weighted by Crippen LogP contribution is 2.63. The van der Waals surface area contributed by atoms with Crippen molar-refractivity contribution in [2.75, 3.05) is 19.8 Å². The molecule has 0 aromatic heterocycles. The molecule has 0 amide bonds. The first-order valence-electron chi connectivity index (χ1n) is 5.38. The standard InChI is InChI=1S/C9H15O7P/c1-7(4-11-7)14-17(10,15-8(2)5-12-8)16-9(3)6-13-9/h4-6H2,1-3H3. The number of phosphoric acid groups is 1. The SMILES string of the molecule is CC1(OP(=O)(OC2(C)CO2)OC2(C)CO2)CO1. The van der Waals surface area contributed by atoms with Gasteiger partial charge in [-0.2, -0.15) is 0 Å². The average Bonchev–Trinajstić information content (AvgIpc) is 3.05. The zero-order valence-corrected chi connectivity index (χ0v) is 10.8. The van der Waals surface area contributed by atoms with Gasteiger partial charge in [-0.15, -0.1) is 0 Å². The molecule has 8 heteroatoms. The first-order valence-corrected chi connectivity index (χ1v) is 6.84. The highest BCUT2D eigenvalue weighted by atomic mass is 31.2. The molecule has 3 rings (SSSR count). The van der Waals surface area contributed by atoms with Crippen molar-refractivity contribution >= 4 is 7.82 Å². The van der Waals surface area contributed by atoms with Crippen LogP contribution in [-0.2, 0) is 32.3 Å². The minimum absolute atomic E-state index is 0.360. The molecule has 0 aliphatic carbocycles. The quantitative estimate of drug-likeness (QED) is 0.530. The Balaban J connectivity index is 1.71. The molecule has 3 fully saturated rings. The summed E-state index contributed by atoms with van der Waals surface area (Å²) >= 11 is 0. The molecule has 0 aromatic rings. The highest BCUT2D eigenvalue weighted by Gasteiger charge is 2.59. The van der Waals surface area contributed by atoms with Gasteiger partial charge in [-0.05, 0) is 20.8 Å². The van der Waals surface area contributed by atoms with Crippen molar-refractivity contribution in [2.45, 2.75) is 38.1 Å². The summed E-state index contributed by atoms with van der Waals surface area (Å²) in [5.41, 5.74) is 0. The van der Waals surface area contributed by atoms with E-state index >= 15 is 0 Å². The predicted molar refractivity (Wildman–Crippen MR) is 53.9 cm³/mol. The van der Waals surface area contributed by atoms with Crippen LogP contribution in [0.4, 0.5) is 0 Å². The summed E-state index contributed by atoms with van der Waals surface area (Å²) in [7, 11) is -3.77. The first-order chi connectivity index (χ1) is 7.74. The molecule has 3 saturated heterocycles. The molecule has 3 aliphatic heterocycles. The summed E-state index contributed by atoms with van der Waals surface area (Å²) in [5, 5.41) is 0. The van der Waals surface area contributed by atoms with Crippen molar-refractivity contribution < 1.29 is 32.3 Å². The van der Waals surface area contributed by atoms with E-state index in [-0.39, 0.29) is 0 Å². The van der Waals surface area contributed by atoms with Gasteiger partial charge in [0.15, 0.2) is 0 Å². The predicted octanol–water partition coefficient (Wildman–Crippen LogP) is 1.38. The average molecular weight is 266 g/mol. The second kappa shape index (κ2) is 3.30. The Kier molecular flexibility index (Phi) is 2.34. The smallest absolute Gasteiger partial charge is 0.342 e. The van der Waals surface area contributed by atoms with Gasteiger partial charge in [-0.1, -0.05) is 0 Å². The normalized spacial score (nSPS) is 50.8. The molecule has 0 N–H and O–H groups in total. The van der Waals surface area contributed by atoms with Gasteiger partial charge in [-0.3, -0.25) is 13.6 Å². The van der Waals surface area contributed by atoms with E-state index in [1.807, 2.05) is 0 Å². The van der Waals surface area contributed by atoms with E-state index in [2.05, 4.69) is 0 Å². The van der Waals surface area contributed by atoms with Crippen LogP contribution in [0.25, 0.3) is 0 Å². The zero-order valence-electron chi connectivity index (χ0n) is 9.93. The molecule has 7 nitrogen and oxygen atoms in total. The molecule has 3 aliphatic rings. The number of hydrogen-bond donors (Lipinski definition) is 0. The summed E-state index contributed by atoms with van der Waals surface area (Å²) in [4.78, 5) is 0. The molecule has 3 unspecified atom stereocenters. The van der Waals surface area contributed by atoms with Crippen molar-refractivity contribution in [3.63, 3.8) is 0 Å². The third-order valence-electron chi connectivity index (χ3n) is 2.57. The monoisotopic (exact) mass is 266 g/mol. The van der Waals surface area contributed by atoms with Crippen molar-refractivity contribution in [3.8, 4) is 0 Å². The molecule has 3 atom stereocenters. The fraction of sp³-hybridized carbons (Fsp3) is 1.00. The van der Waals surface area contributed by atoms with Gasteiger partial charge in [0.25, 0.3) is 0 Å². The van der Waals surface area contributed by atoms with Crippen molar-refractivity contribution in [1.82, 2.24) is 0 Å². The fourth-order valence-electron chi connectivity index (χ4n) is 1.23. The summed E-state index contributed by atoms with van der Waals surface area (Å²) in [6, 6.07) is 0. The second-order valence-electron chi connectivity index (χ2n) is 4.99. The van der Waals surface area contributed by atoms with Gasteiger partial charge < -0.3 is 14.2 Å². The lowest BCUT2D eigenvalue weighted by Gasteiger charge is -2.22. The molecule has 17 heavy (non-hydrogen) atoms. The van der Waals surface area contributed by atoms with Crippen LogP contribution >= 0.6 is 7.82 Å². The molecule has 0 aromatic carbocycles. The minimum atomic E-state index is -3.77. The fourth-order valence-corrected chi connectivity index (χ4v) is 3.08. The van der Waals surface area contributed by atoms with E-state index in [0.717, 1.165) is 0 Å². The van der Waals surface area contributed by atoms with Crippen LogP contribution in [0.1, 0.15) is 20.8 Å². The van der Waals surface area contributed by atoms with Gasteiger partial charge in [0.05, 0.1) is 0 Å². The lowest BCUT2D eigenvalue weighted by atomic mass is 10.5. The van der Waals surface area contributed by atoms with Gasteiger partial charge in [0, 0.05) is 0 Å². The van der Waals surface area contributed by atoms with E-state index in [1.54, 1.807) is 20.8 Å². The van der Waals surface area contributed by atoms with E-state index in [9.17, 15) is 4.57 Å². The summed E-state index contributed by atoms with van der Waals surface area (Å²) in [5.74, 6) is -2.69. The molecule has 0 radical (unpaired) electrons. The summed E-state index contributed by atoms with van der Waals surface area (Å²) in [6.07, 6.45) is 0. The number of hydrogen-bond acceptors (Lipinski definition) is 7. The van der Waals surface area contributed by atoms with E-state index in [0.29, 0.717) is 19.8 Å². The summed E-state index contributed by atoms with van der Waals surface area (Å²) < 4.78 is 43.4. The molecule has 98 valence electrons. The van der Waals surface area contributed by atoms with Crippen LogP contribution in [-0.4, -0.2) is 37.2 Å². The van der Waals surface area contributed by atoms with Crippen LogP contribution in [0.2, 0.25) is 0 Å². The molecule has 0 bridgehead atoms. The Bertz CT molecular complexity index is 326. The third-order valence-corrected chi connectivity index (χ3v) is 4.40. The van der Waals surface area contributed by atoms with E-state index < -0.39 is 25.2 Å². The Morgan fingerprint density at radius 2 is 1.06 bits per heavy atom. The number of phosphoric ester groups is 1. The molecular formula is C9H15O7P. The number of epoxide rings is 3. The zero-order chi connectivity index (χ0) is 12.4. The van der Waals surface area contributed by atoms with Crippen molar-refractivity contribution in [1.29, 1.82) is 0 Å². The Hall–Kier alpha value is -0.0100. The van der Waals surface area contributed by atoms with Crippen molar-refractivity contribution in [3.05, 3.63) is 0 Å². The Morgan fingerprint density at radius 3 is 1.24 bits per heavy atom. The largest absolute Gasteiger partial charge is 0.482 e. The van der Waals surface area contributed by atoms with Crippen LogP contribution < -0.4 is 0 Å². The van der Waals surface area contributed by atoms with Crippen molar-refractivity contribution in [2.24, 2.45) is 0 Å². The summed E-state index contributed by atoms with van der Waals surface area (Å²) in [6.45, 7) is 6.08. The lowest BCUT2D eigenvalue weighted by molar-refractivity contribution is -0.0512. The number of ether oxygens (including phenoxy) is 3. The minimum Gasteiger partial charge on any atom is -0.342 e. The maximum Gasteiger partial charge on any atom is 0.482 e. The van der Waals surface area contributed by atoms with Crippen LogP contribution in [0.15, 0.2) is 0 Å². The topological polar surface area (TPSA) is 82.4 Å².